The highest BCUT2D eigenvalue weighted by Crippen LogP contribution is 2.22. The third-order valence-corrected chi connectivity index (χ3v) is 2.99. The number of benzene rings is 2. The van der Waals surface area contributed by atoms with Crippen LogP contribution in [0.15, 0.2) is 58.9 Å². The Morgan fingerprint density at radius 3 is 1.83 bits per heavy atom. The Morgan fingerprint density at radius 2 is 1.39 bits per heavy atom. The molecule has 0 saturated heterocycles. The van der Waals surface area contributed by atoms with Crippen LogP contribution in [-0.2, 0) is 0 Å². The number of hydrogen-bond acceptors (Lipinski definition) is 6. The molecule has 9 heteroatoms. The average molecular weight is 315 g/mol. The van der Waals surface area contributed by atoms with Gasteiger partial charge in [0.25, 0.3) is 11.4 Å². The normalized spacial score (nSPS) is 10.7. The fourth-order valence-corrected chi connectivity index (χ4v) is 1.79. The van der Waals surface area contributed by atoms with E-state index in [0.29, 0.717) is 17.9 Å². The smallest absolute Gasteiger partial charge is 0.258 e. The number of anilines is 1. The molecule has 0 fully saturated rings. The van der Waals surface area contributed by atoms with E-state index in [-0.39, 0.29) is 11.4 Å². The zero-order chi connectivity index (χ0) is 16.8. The Balaban J connectivity index is 2.14. The molecule has 23 heavy (non-hydrogen) atoms. The molecule has 0 atom stereocenters. The van der Waals surface area contributed by atoms with Crippen LogP contribution in [0.5, 0.6) is 0 Å². The van der Waals surface area contributed by atoms with E-state index in [2.05, 4.69) is 10.3 Å². The monoisotopic (exact) mass is 315 g/mol. The van der Waals surface area contributed by atoms with E-state index in [9.17, 15) is 20.2 Å². The summed E-state index contributed by atoms with van der Waals surface area (Å²) in [4.78, 5) is 20.3. The summed E-state index contributed by atoms with van der Waals surface area (Å²) >= 11 is 0. The third kappa shape index (κ3) is 4.06. The Morgan fingerprint density at radius 1 is 0.913 bits per heavy atom. The molecular weight excluding hydrogens is 302 g/mol. The highest BCUT2D eigenvalue weighted by atomic mass is 16.6. The van der Waals surface area contributed by atoms with Crippen molar-refractivity contribution in [1.82, 2.24) is 0 Å². The van der Waals surface area contributed by atoms with Gasteiger partial charge in [-0.05, 0) is 31.2 Å². The van der Waals surface area contributed by atoms with Crippen molar-refractivity contribution in [3.05, 3.63) is 68.8 Å². The van der Waals surface area contributed by atoms with E-state index >= 15 is 0 Å². The van der Waals surface area contributed by atoms with Gasteiger partial charge in [0, 0.05) is 30.8 Å². The molecule has 0 heterocycles. The van der Waals surface area contributed by atoms with Crippen molar-refractivity contribution in [2.45, 2.75) is 6.92 Å². The summed E-state index contributed by atoms with van der Waals surface area (Å²) in [5.74, 6) is 0. The molecule has 0 unspecified atom stereocenters. The molecule has 0 amide bonds. The molecule has 2 rings (SSSR count). The van der Waals surface area contributed by atoms with Gasteiger partial charge in [0.05, 0.1) is 21.2 Å². The molecule has 0 aliphatic carbocycles. The molecule has 0 bridgehead atoms. The summed E-state index contributed by atoms with van der Waals surface area (Å²) in [7, 11) is 0. The zero-order valence-electron chi connectivity index (χ0n) is 12.2. The van der Waals surface area contributed by atoms with Crippen molar-refractivity contribution in [1.29, 1.82) is 0 Å². The quantitative estimate of drug-likeness (QED) is 0.453. The minimum Gasteiger partial charge on any atom is -0.258 e. The van der Waals surface area contributed by atoms with Crippen LogP contribution < -0.4 is 5.01 Å². The molecule has 0 spiro atoms. The summed E-state index contributed by atoms with van der Waals surface area (Å²) < 4.78 is 0. The lowest BCUT2D eigenvalue weighted by molar-refractivity contribution is -0.385. The topological polar surface area (TPSA) is 114 Å². The SMILES string of the molecule is CCN(N=Nc1ccc([N+](=O)[O-])cc1)c1ccc([N+](=O)[O-])cc1. The first-order valence-corrected chi connectivity index (χ1v) is 6.69. The number of hydrogen-bond donors (Lipinski definition) is 0. The summed E-state index contributed by atoms with van der Waals surface area (Å²) in [5, 5.41) is 30.8. The second kappa shape index (κ2) is 7.07. The van der Waals surface area contributed by atoms with Gasteiger partial charge >= 0.3 is 0 Å². The fourth-order valence-electron chi connectivity index (χ4n) is 1.79. The highest BCUT2D eigenvalue weighted by Gasteiger charge is 2.08. The van der Waals surface area contributed by atoms with E-state index in [0.717, 1.165) is 0 Å². The van der Waals surface area contributed by atoms with E-state index in [1.807, 2.05) is 6.92 Å². The van der Waals surface area contributed by atoms with Gasteiger partial charge in [0.15, 0.2) is 0 Å². The van der Waals surface area contributed by atoms with Gasteiger partial charge in [-0.15, -0.1) is 5.11 Å². The third-order valence-electron chi connectivity index (χ3n) is 2.99. The number of non-ortho nitro benzene ring substituents is 2. The van der Waals surface area contributed by atoms with Gasteiger partial charge in [-0.2, -0.15) is 0 Å². The van der Waals surface area contributed by atoms with Crippen molar-refractivity contribution >= 4 is 22.7 Å². The van der Waals surface area contributed by atoms with Crippen molar-refractivity contribution in [2.75, 3.05) is 11.6 Å². The Kier molecular flexibility index (Phi) is 4.92. The largest absolute Gasteiger partial charge is 0.269 e. The lowest BCUT2D eigenvalue weighted by Crippen LogP contribution is -2.14. The van der Waals surface area contributed by atoms with Crippen molar-refractivity contribution in [3.8, 4) is 0 Å². The molecular formula is C14H13N5O4. The summed E-state index contributed by atoms with van der Waals surface area (Å²) in [6.07, 6.45) is 0. The zero-order valence-corrected chi connectivity index (χ0v) is 12.2. The Labute approximate surface area is 131 Å². The van der Waals surface area contributed by atoms with Crippen molar-refractivity contribution < 1.29 is 9.85 Å². The fraction of sp³-hybridized carbons (Fsp3) is 0.143. The van der Waals surface area contributed by atoms with E-state index in [1.54, 1.807) is 17.1 Å². The maximum atomic E-state index is 10.6. The molecule has 118 valence electrons. The number of nitro benzene ring substituents is 2. The van der Waals surface area contributed by atoms with Crippen LogP contribution in [0.4, 0.5) is 22.7 Å². The molecule has 0 aliphatic heterocycles. The van der Waals surface area contributed by atoms with Gasteiger partial charge in [-0.1, -0.05) is 5.22 Å². The van der Waals surface area contributed by atoms with Crippen LogP contribution in [0, 0.1) is 20.2 Å². The van der Waals surface area contributed by atoms with Crippen molar-refractivity contribution in [3.63, 3.8) is 0 Å². The van der Waals surface area contributed by atoms with Gasteiger partial charge in [-0.3, -0.25) is 20.2 Å². The molecule has 2 aromatic rings. The Hall–Kier alpha value is -3.36. The molecule has 0 saturated carbocycles. The first-order valence-electron chi connectivity index (χ1n) is 6.69. The standard InChI is InChI=1S/C14H13N5O4/c1-2-17(12-7-9-14(10-8-12)19(22)23)16-15-11-3-5-13(6-4-11)18(20)21/h3-10H,2H2,1H3. The van der Waals surface area contributed by atoms with Gasteiger partial charge in [0.2, 0.25) is 0 Å². The lowest BCUT2D eigenvalue weighted by Gasteiger charge is -2.14. The number of nitrogens with zero attached hydrogens (tertiary/aromatic N) is 5. The summed E-state index contributed by atoms with van der Waals surface area (Å²) in [5.41, 5.74) is 1.10. The van der Waals surface area contributed by atoms with Crippen LogP contribution in [0.25, 0.3) is 0 Å². The first kappa shape index (κ1) is 16.0. The molecule has 2 aromatic carbocycles. The van der Waals surface area contributed by atoms with E-state index in [1.165, 1.54) is 36.4 Å². The van der Waals surface area contributed by atoms with Crippen LogP contribution >= 0.6 is 0 Å². The molecule has 0 aliphatic rings. The van der Waals surface area contributed by atoms with Crippen LogP contribution in [0.1, 0.15) is 6.92 Å². The van der Waals surface area contributed by atoms with Gasteiger partial charge < -0.3 is 0 Å². The summed E-state index contributed by atoms with van der Waals surface area (Å²) in [6.45, 7) is 2.37. The van der Waals surface area contributed by atoms with Crippen LogP contribution in [-0.4, -0.2) is 16.4 Å². The first-order chi connectivity index (χ1) is 11.0. The van der Waals surface area contributed by atoms with Gasteiger partial charge in [-0.25, -0.2) is 5.01 Å². The Bertz CT molecular complexity index is 728. The molecule has 0 N–H and O–H groups in total. The minimum absolute atomic E-state index is 0.00268. The number of rotatable bonds is 6. The number of nitro groups is 2. The van der Waals surface area contributed by atoms with E-state index in [4.69, 9.17) is 0 Å². The lowest BCUT2D eigenvalue weighted by atomic mass is 10.3. The van der Waals surface area contributed by atoms with E-state index < -0.39 is 9.85 Å². The summed E-state index contributed by atoms with van der Waals surface area (Å²) in [6, 6.07) is 11.6. The minimum atomic E-state index is -0.490. The predicted molar refractivity (Wildman–Crippen MR) is 83.7 cm³/mol. The van der Waals surface area contributed by atoms with Crippen molar-refractivity contribution in [2.24, 2.45) is 10.3 Å². The maximum absolute atomic E-state index is 10.6. The molecule has 0 radical (unpaired) electrons. The average Bonchev–Trinajstić information content (AvgIpc) is 2.56. The highest BCUT2D eigenvalue weighted by molar-refractivity contribution is 5.50. The molecule has 0 aromatic heterocycles. The second-order valence-corrected chi connectivity index (χ2v) is 4.45. The van der Waals surface area contributed by atoms with Crippen LogP contribution in [0.3, 0.4) is 0 Å². The maximum Gasteiger partial charge on any atom is 0.269 e. The second-order valence-electron chi connectivity index (χ2n) is 4.45. The molecule has 9 nitrogen and oxygen atoms in total. The van der Waals surface area contributed by atoms with Crippen LogP contribution in [0.2, 0.25) is 0 Å². The van der Waals surface area contributed by atoms with Gasteiger partial charge in [0.1, 0.15) is 0 Å². The predicted octanol–water partition coefficient (Wildman–Crippen LogP) is 4.03.